The van der Waals surface area contributed by atoms with Crippen molar-refractivity contribution in [3.8, 4) is 0 Å². The van der Waals surface area contributed by atoms with E-state index in [-0.39, 0.29) is 17.6 Å². The molecule has 0 saturated carbocycles. The fraction of sp³-hybridized carbons (Fsp3) is 0.286. The highest BCUT2D eigenvalue weighted by Crippen LogP contribution is 2.25. The molecule has 1 atom stereocenters. The maximum Gasteiger partial charge on any atom is 0.264 e. The van der Waals surface area contributed by atoms with Gasteiger partial charge in [0.05, 0.1) is 4.88 Å². The number of hydrogen-bond acceptors (Lipinski definition) is 5. The predicted molar refractivity (Wildman–Crippen MR) is 113 cm³/mol. The lowest BCUT2D eigenvalue weighted by Gasteiger charge is -2.34. The summed E-state index contributed by atoms with van der Waals surface area (Å²) in [5.41, 5.74) is 0.980. The largest absolute Gasteiger partial charge is 0.326 e. The van der Waals surface area contributed by atoms with Gasteiger partial charge in [0.15, 0.2) is 5.13 Å². The van der Waals surface area contributed by atoms with E-state index in [1.165, 1.54) is 34.8 Å². The first-order valence-corrected chi connectivity index (χ1v) is 11.1. The molecule has 8 heteroatoms. The van der Waals surface area contributed by atoms with Crippen LogP contribution in [0.1, 0.15) is 39.4 Å². The molecule has 1 aliphatic rings. The zero-order valence-electron chi connectivity index (χ0n) is 15.6. The molecule has 1 saturated heterocycles. The Morgan fingerprint density at radius 1 is 1.21 bits per heavy atom. The van der Waals surface area contributed by atoms with Gasteiger partial charge in [0.2, 0.25) is 5.91 Å². The number of amides is 2. The van der Waals surface area contributed by atoms with Crippen LogP contribution in [0.25, 0.3) is 0 Å². The molecule has 3 heterocycles. The Labute approximate surface area is 176 Å². The van der Waals surface area contributed by atoms with Crippen LogP contribution < -0.4 is 5.32 Å². The summed E-state index contributed by atoms with van der Waals surface area (Å²) in [5, 5.41) is 5.26. The van der Waals surface area contributed by atoms with E-state index < -0.39 is 6.04 Å². The molecule has 0 bridgehead atoms. The molecule has 2 amide bonds. The van der Waals surface area contributed by atoms with E-state index in [2.05, 4.69) is 10.3 Å². The van der Waals surface area contributed by atoms with Gasteiger partial charge in [0, 0.05) is 24.0 Å². The van der Waals surface area contributed by atoms with Crippen LogP contribution in [-0.4, -0.2) is 34.3 Å². The third-order valence-electron chi connectivity index (χ3n) is 4.87. The first kappa shape index (κ1) is 19.7. The van der Waals surface area contributed by atoms with E-state index in [4.69, 9.17) is 0 Å². The zero-order valence-corrected chi connectivity index (χ0v) is 17.3. The first-order chi connectivity index (χ1) is 14.1. The minimum atomic E-state index is -0.484. The van der Waals surface area contributed by atoms with Crippen molar-refractivity contribution in [1.29, 1.82) is 0 Å². The van der Waals surface area contributed by atoms with E-state index in [0.717, 1.165) is 23.3 Å². The van der Waals surface area contributed by atoms with E-state index in [1.54, 1.807) is 29.3 Å². The second kappa shape index (κ2) is 8.84. The van der Waals surface area contributed by atoms with E-state index in [9.17, 15) is 14.0 Å². The van der Waals surface area contributed by atoms with Gasteiger partial charge in [0.1, 0.15) is 11.9 Å². The summed E-state index contributed by atoms with van der Waals surface area (Å²) in [6.45, 7) is 0.586. The maximum absolute atomic E-state index is 13.0. The van der Waals surface area contributed by atoms with Gasteiger partial charge >= 0.3 is 0 Å². The molecule has 0 radical (unpaired) electrons. The topological polar surface area (TPSA) is 62.3 Å². The minimum absolute atomic E-state index is 0.0870. The second-order valence-electron chi connectivity index (χ2n) is 6.91. The highest BCUT2D eigenvalue weighted by atomic mass is 32.1. The lowest BCUT2D eigenvalue weighted by atomic mass is 10.0. The van der Waals surface area contributed by atoms with Gasteiger partial charge in [-0.3, -0.25) is 9.59 Å². The molecule has 4 rings (SSSR count). The number of anilines is 1. The Morgan fingerprint density at radius 3 is 2.79 bits per heavy atom. The molecule has 1 aromatic carbocycles. The van der Waals surface area contributed by atoms with Crippen molar-refractivity contribution in [2.24, 2.45) is 0 Å². The monoisotopic (exact) mass is 429 g/mol. The second-order valence-corrected chi connectivity index (χ2v) is 8.97. The van der Waals surface area contributed by atoms with Gasteiger partial charge in [-0.2, -0.15) is 0 Å². The lowest BCUT2D eigenvalue weighted by Crippen LogP contribution is -2.49. The molecule has 0 spiro atoms. The summed E-state index contributed by atoms with van der Waals surface area (Å²) < 4.78 is 13.0. The number of benzene rings is 1. The number of nitrogens with one attached hydrogen (secondary N) is 1. The average Bonchev–Trinajstić information content (AvgIpc) is 3.42. The van der Waals surface area contributed by atoms with Crippen LogP contribution in [0.4, 0.5) is 9.52 Å². The molecule has 150 valence electrons. The van der Waals surface area contributed by atoms with E-state index in [0.29, 0.717) is 29.4 Å². The Morgan fingerprint density at radius 2 is 2.03 bits per heavy atom. The van der Waals surface area contributed by atoms with Crippen LogP contribution in [0.3, 0.4) is 0 Å². The summed E-state index contributed by atoms with van der Waals surface area (Å²) in [4.78, 5) is 33.3. The van der Waals surface area contributed by atoms with Gasteiger partial charge in [-0.15, -0.1) is 22.7 Å². The predicted octanol–water partition coefficient (Wildman–Crippen LogP) is 4.57. The minimum Gasteiger partial charge on any atom is -0.326 e. The van der Waals surface area contributed by atoms with Crippen molar-refractivity contribution >= 4 is 39.6 Å². The van der Waals surface area contributed by atoms with Crippen molar-refractivity contribution in [2.75, 3.05) is 11.9 Å². The third-order valence-corrected chi connectivity index (χ3v) is 6.64. The smallest absolute Gasteiger partial charge is 0.264 e. The Hall–Kier alpha value is -2.58. The molecule has 1 unspecified atom stereocenters. The fourth-order valence-corrected chi connectivity index (χ4v) is 4.96. The number of rotatable bonds is 5. The molecule has 5 nitrogen and oxygen atoms in total. The molecule has 1 N–H and O–H groups in total. The quantitative estimate of drug-likeness (QED) is 0.646. The Kier molecular flexibility index (Phi) is 6.01. The van der Waals surface area contributed by atoms with Crippen molar-refractivity contribution < 1.29 is 14.0 Å². The normalized spacial score (nSPS) is 16.6. The van der Waals surface area contributed by atoms with Crippen LogP contribution in [0.15, 0.2) is 48.0 Å². The van der Waals surface area contributed by atoms with Crippen molar-refractivity contribution in [3.05, 3.63) is 69.1 Å². The summed E-state index contributed by atoms with van der Waals surface area (Å²) in [7, 11) is 0. The van der Waals surface area contributed by atoms with Gasteiger partial charge in [-0.05, 0) is 48.4 Å². The third kappa shape index (κ3) is 4.71. The molecule has 29 heavy (non-hydrogen) atoms. The van der Waals surface area contributed by atoms with Crippen LogP contribution >= 0.6 is 22.7 Å². The van der Waals surface area contributed by atoms with Crippen LogP contribution in [0, 0.1) is 5.82 Å². The lowest BCUT2D eigenvalue weighted by molar-refractivity contribution is -0.121. The number of carbonyl (C=O) groups is 2. The highest BCUT2D eigenvalue weighted by Gasteiger charge is 2.33. The standard InChI is InChI=1S/C21H20FN3O2S2/c22-15-8-6-14(7-9-15)12-16-13-23-21(29-16)24-19(26)17-4-1-2-10-25(17)20(27)18-5-3-11-28-18/h3,5-9,11,13,17H,1-2,4,10,12H2,(H,23,24,26). The first-order valence-electron chi connectivity index (χ1n) is 9.44. The molecule has 1 fully saturated rings. The number of hydrogen-bond donors (Lipinski definition) is 1. The summed E-state index contributed by atoms with van der Waals surface area (Å²) in [6, 6.07) is 9.49. The molecular weight excluding hydrogens is 409 g/mol. The maximum atomic E-state index is 13.0. The van der Waals surface area contributed by atoms with Crippen molar-refractivity contribution in [2.45, 2.75) is 31.7 Å². The number of thiophene rings is 1. The SMILES string of the molecule is O=C(Nc1ncc(Cc2ccc(F)cc2)s1)C1CCCCN1C(=O)c1cccs1. The number of thiazole rings is 1. The Balaban J connectivity index is 1.42. The van der Waals surface area contributed by atoms with Crippen LogP contribution in [0.2, 0.25) is 0 Å². The number of halogens is 1. The van der Waals surface area contributed by atoms with Gasteiger partial charge in [-0.1, -0.05) is 18.2 Å². The van der Waals surface area contributed by atoms with Crippen LogP contribution in [-0.2, 0) is 11.2 Å². The fourth-order valence-electron chi connectivity index (χ4n) is 3.43. The number of nitrogens with zero attached hydrogens (tertiary/aromatic N) is 2. The van der Waals surface area contributed by atoms with Gasteiger partial charge in [0.25, 0.3) is 5.91 Å². The number of piperidine rings is 1. The summed E-state index contributed by atoms with van der Waals surface area (Å²) in [6.07, 6.45) is 4.82. The van der Waals surface area contributed by atoms with Crippen molar-refractivity contribution in [1.82, 2.24) is 9.88 Å². The summed E-state index contributed by atoms with van der Waals surface area (Å²) in [5.74, 6) is -0.548. The van der Waals surface area contributed by atoms with E-state index in [1.807, 2.05) is 11.4 Å². The molecule has 1 aliphatic heterocycles. The zero-order chi connectivity index (χ0) is 20.2. The van der Waals surface area contributed by atoms with Crippen molar-refractivity contribution in [3.63, 3.8) is 0 Å². The summed E-state index contributed by atoms with van der Waals surface area (Å²) >= 11 is 2.78. The number of aromatic nitrogens is 1. The highest BCUT2D eigenvalue weighted by molar-refractivity contribution is 7.15. The van der Waals surface area contributed by atoms with Crippen LogP contribution in [0.5, 0.6) is 0 Å². The van der Waals surface area contributed by atoms with Gasteiger partial charge < -0.3 is 10.2 Å². The van der Waals surface area contributed by atoms with E-state index >= 15 is 0 Å². The number of likely N-dealkylation sites (tertiary alicyclic amines) is 1. The molecule has 2 aromatic heterocycles. The Bertz CT molecular complexity index is 986. The van der Waals surface area contributed by atoms with Gasteiger partial charge in [-0.25, -0.2) is 9.37 Å². The number of carbonyl (C=O) groups excluding carboxylic acids is 2. The molecule has 0 aliphatic carbocycles. The molecule has 3 aromatic rings. The average molecular weight is 430 g/mol. The molecular formula is C21H20FN3O2S2.